The number of nitrogens with zero attached hydrogens (tertiary/aromatic N) is 5. The van der Waals surface area contributed by atoms with Gasteiger partial charge in [-0.3, -0.25) is 14.2 Å². The summed E-state index contributed by atoms with van der Waals surface area (Å²) in [5, 5.41) is 10.8. The number of esters is 1. The summed E-state index contributed by atoms with van der Waals surface area (Å²) in [7, 11) is 2.89. The molecule has 1 amide bonds. The monoisotopic (exact) mass is 388 g/mol. The summed E-state index contributed by atoms with van der Waals surface area (Å²) in [6, 6.07) is 5.08. The lowest BCUT2D eigenvalue weighted by Crippen LogP contribution is -2.16. The Kier molecular flexibility index (Phi) is 5.51. The summed E-state index contributed by atoms with van der Waals surface area (Å²) >= 11 is 5.71. The molecule has 0 atom stereocenters. The van der Waals surface area contributed by atoms with Crippen LogP contribution in [0.3, 0.4) is 0 Å². The molecule has 0 bridgehead atoms. The van der Waals surface area contributed by atoms with E-state index in [-0.39, 0.29) is 17.1 Å². The fraction of sp³-hybridized carbons (Fsp3) is 0.235. The molecule has 3 heterocycles. The molecule has 0 aliphatic carbocycles. The Morgan fingerprint density at radius 1 is 1.30 bits per heavy atom. The quantitative estimate of drug-likeness (QED) is 0.511. The van der Waals surface area contributed by atoms with Crippen LogP contribution in [0.15, 0.2) is 36.8 Å². The van der Waals surface area contributed by atoms with Gasteiger partial charge in [0, 0.05) is 30.9 Å². The lowest BCUT2D eigenvalue weighted by Gasteiger charge is -2.05. The molecule has 3 aromatic rings. The van der Waals surface area contributed by atoms with E-state index in [1.54, 1.807) is 36.1 Å². The molecule has 9 nitrogen and oxygen atoms in total. The van der Waals surface area contributed by atoms with E-state index in [4.69, 9.17) is 11.6 Å². The molecular formula is C17H17ClN6O3. The van der Waals surface area contributed by atoms with Crippen LogP contribution < -0.4 is 5.32 Å². The molecule has 0 aromatic carbocycles. The van der Waals surface area contributed by atoms with Crippen LogP contribution in [-0.4, -0.2) is 49.4 Å². The molecule has 0 aliphatic heterocycles. The van der Waals surface area contributed by atoms with Crippen molar-refractivity contribution >= 4 is 29.2 Å². The number of nitrogens with one attached hydrogen (secondary N) is 1. The molecule has 0 saturated carbocycles. The van der Waals surface area contributed by atoms with Crippen molar-refractivity contribution < 1.29 is 14.3 Å². The highest BCUT2D eigenvalue weighted by Gasteiger charge is 2.19. The predicted octanol–water partition coefficient (Wildman–Crippen LogP) is 1.96. The van der Waals surface area contributed by atoms with Crippen LogP contribution in [0, 0.1) is 0 Å². The van der Waals surface area contributed by atoms with Gasteiger partial charge in [0.1, 0.15) is 5.69 Å². The fourth-order valence-corrected chi connectivity index (χ4v) is 2.61. The Hall–Kier alpha value is -3.20. The van der Waals surface area contributed by atoms with Crippen molar-refractivity contribution in [1.82, 2.24) is 24.5 Å². The molecular weight excluding hydrogens is 372 g/mol. The standard InChI is InChI=1S/C17H17ClN6O3/c1-23-10-14(15(22-23)17(26)27-2)21-16(25)13-5-3-4-12(20-13)11-8-19-24(9-11)7-6-18/h3-5,8-10H,6-7H2,1-2H3,(H,21,25). The first kappa shape index (κ1) is 18.6. The Morgan fingerprint density at radius 2 is 2.11 bits per heavy atom. The zero-order valence-electron chi connectivity index (χ0n) is 14.7. The molecule has 140 valence electrons. The molecule has 10 heteroatoms. The molecule has 0 aliphatic rings. The van der Waals surface area contributed by atoms with Gasteiger partial charge in [-0.05, 0) is 12.1 Å². The fourth-order valence-electron chi connectivity index (χ4n) is 2.44. The highest BCUT2D eigenvalue weighted by molar-refractivity contribution is 6.17. The van der Waals surface area contributed by atoms with Gasteiger partial charge in [0.15, 0.2) is 5.69 Å². The van der Waals surface area contributed by atoms with Crippen molar-refractivity contribution in [3.63, 3.8) is 0 Å². The van der Waals surface area contributed by atoms with E-state index in [9.17, 15) is 9.59 Å². The molecule has 3 aromatic heterocycles. The second-order valence-electron chi connectivity index (χ2n) is 5.60. The number of hydrogen-bond acceptors (Lipinski definition) is 6. The first-order chi connectivity index (χ1) is 13.0. The largest absolute Gasteiger partial charge is 0.464 e. The van der Waals surface area contributed by atoms with Gasteiger partial charge in [0.25, 0.3) is 5.91 Å². The van der Waals surface area contributed by atoms with E-state index < -0.39 is 11.9 Å². The summed E-state index contributed by atoms with van der Waals surface area (Å²) in [4.78, 5) is 28.7. The van der Waals surface area contributed by atoms with E-state index in [2.05, 4.69) is 25.2 Å². The normalized spacial score (nSPS) is 10.6. The highest BCUT2D eigenvalue weighted by atomic mass is 35.5. The zero-order chi connectivity index (χ0) is 19.4. The molecule has 0 spiro atoms. The number of anilines is 1. The van der Waals surface area contributed by atoms with Crippen LogP contribution in [0.4, 0.5) is 5.69 Å². The van der Waals surface area contributed by atoms with Gasteiger partial charge in [-0.15, -0.1) is 11.6 Å². The number of alkyl halides is 1. The number of halogens is 1. The second kappa shape index (κ2) is 8.00. The Balaban J connectivity index is 1.83. The van der Waals surface area contributed by atoms with Gasteiger partial charge < -0.3 is 10.1 Å². The number of carbonyl (C=O) groups excluding carboxylic acids is 2. The van der Waals surface area contributed by atoms with Crippen molar-refractivity contribution in [3.05, 3.63) is 48.2 Å². The van der Waals surface area contributed by atoms with Crippen molar-refractivity contribution in [3.8, 4) is 11.3 Å². The van der Waals surface area contributed by atoms with Gasteiger partial charge >= 0.3 is 5.97 Å². The summed E-state index contributed by atoms with van der Waals surface area (Å²) < 4.78 is 7.79. The van der Waals surface area contributed by atoms with Crippen molar-refractivity contribution in [2.45, 2.75) is 6.54 Å². The summed E-state index contributed by atoms with van der Waals surface area (Å²) in [5.41, 5.74) is 1.83. The van der Waals surface area contributed by atoms with Gasteiger partial charge in [0.05, 0.1) is 31.2 Å². The van der Waals surface area contributed by atoms with Gasteiger partial charge in [-0.25, -0.2) is 9.78 Å². The smallest absolute Gasteiger partial charge is 0.360 e. The highest BCUT2D eigenvalue weighted by Crippen LogP contribution is 2.18. The third-order valence-corrected chi connectivity index (χ3v) is 3.85. The number of methoxy groups -OCH3 is 1. The van der Waals surface area contributed by atoms with Crippen LogP contribution in [0.2, 0.25) is 0 Å². The number of carbonyl (C=O) groups is 2. The second-order valence-corrected chi connectivity index (χ2v) is 5.98. The van der Waals surface area contributed by atoms with Crippen molar-refractivity contribution in [1.29, 1.82) is 0 Å². The minimum Gasteiger partial charge on any atom is -0.464 e. The SMILES string of the molecule is COC(=O)c1nn(C)cc1NC(=O)c1cccc(-c2cnn(CCCl)c2)n1. The molecule has 0 saturated heterocycles. The number of hydrogen-bond donors (Lipinski definition) is 1. The summed E-state index contributed by atoms with van der Waals surface area (Å²) in [5.74, 6) is -0.660. The van der Waals surface area contributed by atoms with E-state index in [1.165, 1.54) is 18.0 Å². The Morgan fingerprint density at radius 3 is 2.85 bits per heavy atom. The van der Waals surface area contributed by atoms with E-state index >= 15 is 0 Å². The third-order valence-electron chi connectivity index (χ3n) is 3.68. The topological polar surface area (TPSA) is 104 Å². The Bertz CT molecular complexity index is 981. The molecule has 3 rings (SSSR count). The molecule has 1 N–H and O–H groups in total. The number of ether oxygens (including phenoxy) is 1. The number of aryl methyl sites for hydroxylation is 2. The van der Waals surface area contributed by atoms with Crippen LogP contribution in [0.25, 0.3) is 11.3 Å². The Labute approximate surface area is 159 Å². The van der Waals surface area contributed by atoms with Crippen molar-refractivity contribution in [2.24, 2.45) is 7.05 Å². The minimum atomic E-state index is -0.640. The summed E-state index contributed by atoms with van der Waals surface area (Å²) in [6.07, 6.45) is 4.99. The van der Waals surface area contributed by atoms with E-state index in [0.29, 0.717) is 18.1 Å². The zero-order valence-corrected chi connectivity index (χ0v) is 15.5. The van der Waals surface area contributed by atoms with E-state index in [0.717, 1.165) is 5.56 Å². The predicted molar refractivity (Wildman–Crippen MR) is 98.7 cm³/mol. The van der Waals surface area contributed by atoms with Crippen LogP contribution in [0.5, 0.6) is 0 Å². The molecule has 0 fully saturated rings. The average Bonchev–Trinajstić information content (AvgIpc) is 3.28. The average molecular weight is 389 g/mol. The van der Waals surface area contributed by atoms with Crippen molar-refractivity contribution in [2.75, 3.05) is 18.3 Å². The van der Waals surface area contributed by atoms with Crippen LogP contribution >= 0.6 is 11.6 Å². The number of pyridine rings is 1. The van der Waals surface area contributed by atoms with E-state index in [1.807, 2.05) is 6.20 Å². The summed E-state index contributed by atoms with van der Waals surface area (Å²) in [6.45, 7) is 0.582. The molecule has 27 heavy (non-hydrogen) atoms. The molecule has 0 radical (unpaired) electrons. The maximum absolute atomic E-state index is 12.6. The van der Waals surface area contributed by atoms with Gasteiger partial charge in [-0.2, -0.15) is 10.2 Å². The first-order valence-electron chi connectivity index (χ1n) is 8.01. The number of aromatic nitrogens is 5. The van der Waals surface area contributed by atoms with Gasteiger partial charge in [-0.1, -0.05) is 6.07 Å². The molecule has 0 unspecified atom stereocenters. The first-order valence-corrected chi connectivity index (χ1v) is 8.54. The number of amides is 1. The lowest BCUT2D eigenvalue weighted by molar-refractivity contribution is 0.0594. The van der Waals surface area contributed by atoms with Crippen LogP contribution in [0.1, 0.15) is 21.0 Å². The number of rotatable bonds is 6. The van der Waals surface area contributed by atoms with Gasteiger partial charge in [0.2, 0.25) is 0 Å². The van der Waals surface area contributed by atoms with Crippen LogP contribution in [-0.2, 0) is 18.3 Å². The lowest BCUT2D eigenvalue weighted by atomic mass is 10.2. The maximum atomic E-state index is 12.6. The minimum absolute atomic E-state index is 0.0202. The third kappa shape index (κ3) is 4.14. The maximum Gasteiger partial charge on any atom is 0.360 e.